The summed E-state index contributed by atoms with van der Waals surface area (Å²) < 4.78 is 18.4. The molecule has 5 heteroatoms. The van der Waals surface area contributed by atoms with Crippen LogP contribution in [0.5, 0.6) is 0 Å². The molecule has 1 heterocycles. The second kappa shape index (κ2) is 5.27. The van der Waals surface area contributed by atoms with Crippen LogP contribution in [0.15, 0.2) is 18.2 Å². The van der Waals surface area contributed by atoms with E-state index in [4.69, 9.17) is 4.74 Å². The number of hydrogen-bond donors (Lipinski definition) is 0. The molecule has 1 aliphatic heterocycles. The van der Waals surface area contributed by atoms with E-state index in [0.29, 0.717) is 18.9 Å². The summed E-state index contributed by atoms with van der Waals surface area (Å²) in [5.41, 5.74) is 0.599. The summed E-state index contributed by atoms with van der Waals surface area (Å²) in [6, 6.07) is 3.73. The van der Waals surface area contributed by atoms with Gasteiger partial charge in [0, 0.05) is 13.2 Å². The molecule has 0 saturated heterocycles. The molecule has 1 aromatic carbocycles. The first-order valence-electron chi connectivity index (χ1n) is 5.88. The summed E-state index contributed by atoms with van der Waals surface area (Å²) in [4.78, 5) is 24.7. The van der Waals surface area contributed by atoms with Gasteiger partial charge in [-0.25, -0.2) is 4.39 Å². The van der Waals surface area contributed by atoms with E-state index in [9.17, 15) is 14.0 Å². The molecular formula is C13H14FNO3. The molecule has 0 fully saturated rings. The Morgan fingerprint density at radius 3 is 2.78 bits per heavy atom. The third kappa shape index (κ3) is 2.26. The Balaban J connectivity index is 2.14. The Bertz CT molecular complexity index is 487. The molecule has 1 amide bonds. The largest absolute Gasteiger partial charge is 0.380 e. The molecule has 0 unspecified atom stereocenters. The molecule has 0 N–H and O–H groups in total. The van der Waals surface area contributed by atoms with Gasteiger partial charge in [-0.1, -0.05) is 6.92 Å². The van der Waals surface area contributed by atoms with Gasteiger partial charge in [0.2, 0.25) is 0 Å². The van der Waals surface area contributed by atoms with Gasteiger partial charge >= 0.3 is 0 Å². The molecule has 0 bridgehead atoms. The van der Waals surface area contributed by atoms with E-state index in [1.54, 1.807) is 0 Å². The first-order valence-corrected chi connectivity index (χ1v) is 5.88. The highest BCUT2D eigenvalue weighted by Gasteiger charge is 2.35. The van der Waals surface area contributed by atoms with Crippen LogP contribution in [-0.4, -0.2) is 31.4 Å². The van der Waals surface area contributed by atoms with Gasteiger partial charge in [-0.15, -0.1) is 0 Å². The van der Waals surface area contributed by atoms with E-state index in [1.165, 1.54) is 23.1 Å². The molecule has 96 valence electrons. The summed E-state index contributed by atoms with van der Waals surface area (Å²) in [6.07, 6.45) is 0.887. The molecule has 0 aromatic heterocycles. The van der Waals surface area contributed by atoms with Gasteiger partial charge in [-0.05, 0) is 24.6 Å². The Morgan fingerprint density at radius 1 is 1.28 bits per heavy atom. The summed E-state index contributed by atoms with van der Waals surface area (Å²) in [7, 11) is 0. The van der Waals surface area contributed by atoms with Gasteiger partial charge in [0.25, 0.3) is 11.7 Å². The zero-order valence-corrected chi connectivity index (χ0v) is 10.1. The first kappa shape index (κ1) is 12.7. The number of rotatable bonds is 5. The summed E-state index contributed by atoms with van der Waals surface area (Å²) in [5.74, 6) is -1.66. The smallest absolute Gasteiger partial charge is 0.299 e. The van der Waals surface area contributed by atoms with Gasteiger partial charge in [0.15, 0.2) is 0 Å². The number of fused-ring (bicyclic) bond motifs is 1. The number of carbonyl (C=O) groups excluding carboxylic acids is 2. The summed E-state index contributed by atoms with van der Waals surface area (Å²) in [5, 5.41) is 0. The number of hydrogen-bond acceptors (Lipinski definition) is 3. The van der Waals surface area contributed by atoms with Crippen molar-refractivity contribution in [2.75, 3.05) is 24.7 Å². The maximum atomic E-state index is 13.2. The van der Waals surface area contributed by atoms with Crippen LogP contribution in [0, 0.1) is 5.82 Å². The van der Waals surface area contributed by atoms with E-state index in [0.717, 1.165) is 6.42 Å². The lowest BCUT2D eigenvalue weighted by molar-refractivity contribution is -0.114. The lowest BCUT2D eigenvalue weighted by atomic mass is 10.1. The molecule has 1 aliphatic rings. The van der Waals surface area contributed by atoms with E-state index in [-0.39, 0.29) is 12.1 Å². The Hall–Kier alpha value is -1.75. The molecular weight excluding hydrogens is 237 g/mol. The quantitative estimate of drug-likeness (QED) is 0.592. The van der Waals surface area contributed by atoms with Crippen molar-refractivity contribution in [3.8, 4) is 0 Å². The Labute approximate surface area is 104 Å². The maximum absolute atomic E-state index is 13.2. The standard InChI is InChI=1S/C13H14FNO3/c1-2-6-18-7-5-15-11-8-9(14)3-4-10(11)12(16)13(15)17/h3-4,8H,2,5-7H2,1H3. The van der Waals surface area contributed by atoms with Crippen LogP contribution in [-0.2, 0) is 9.53 Å². The molecule has 0 aliphatic carbocycles. The van der Waals surface area contributed by atoms with Crippen molar-refractivity contribution in [1.29, 1.82) is 0 Å². The first-order chi connectivity index (χ1) is 8.65. The second-order valence-electron chi connectivity index (χ2n) is 4.06. The minimum Gasteiger partial charge on any atom is -0.380 e. The number of ketones is 1. The van der Waals surface area contributed by atoms with Crippen LogP contribution in [0.4, 0.5) is 10.1 Å². The van der Waals surface area contributed by atoms with E-state index in [1.807, 2.05) is 6.92 Å². The van der Waals surface area contributed by atoms with Gasteiger partial charge in [0.05, 0.1) is 17.9 Å². The second-order valence-corrected chi connectivity index (χ2v) is 4.06. The lowest BCUT2D eigenvalue weighted by Crippen LogP contribution is -2.32. The Kier molecular flexibility index (Phi) is 3.72. The number of carbonyl (C=O) groups is 2. The average Bonchev–Trinajstić information content (AvgIpc) is 2.59. The number of anilines is 1. The number of amides is 1. The molecule has 0 radical (unpaired) electrons. The predicted octanol–water partition coefficient (Wildman–Crippen LogP) is 1.78. The van der Waals surface area contributed by atoms with Crippen molar-refractivity contribution < 1.29 is 18.7 Å². The number of ether oxygens (including phenoxy) is 1. The fourth-order valence-corrected chi connectivity index (χ4v) is 1.89. The van der Waals surface area contributed by atoms with Gasteiger partial charge in [0.1, 0.15) is 5.82 Å². The summed E-state index contributed by atoms with van der Waals surface area (Å²) in [6.45, 7) is 3.19. The van der Waals surface area contributed by atoms with Crippen LogP contribution in [0.2, 0.25) is 0 Å². The fourth-order valence-electron chi connectivity index (χ4n) is 1.89. The molecule has 0 atom stereocenters. The number of Topliss-reactive ketones (excluding diaryl/α,β-unsaturated/α-hetero) is 1. The van der Waals surface area contributed by atoms with Crippen LogP contribution >= 0.6 is 0 Å². The van der Waals surface area contributed by atoms with Crippen LogP contribution < -0.4 is 4.90 Å². The normalized spacial score (nSPS) is 14.2. The average molecular weight is 251 g/mol. The van der Waals surface area contributed by atoms with Gasteiger partial charge in [-0.3, -0.25) is 9.59 Å². The topological polar surface area (TPSA) is 46.6 Å². The van der Waals surface area contributed by atoms with Crippen LogP contribution in [0.25, 0.3) is 0 Å². The minimum atomic E-state index is -0.615. The molecule has 4 nitrogen and oxygen atoms in total. The molecule has 1 aromatic rings. The van der Waals surface area contributed by atoms with Crippen molar-refractivity contribution in [3.05, 3.63) is 29.6 Å². The minimum absolute atomic E-state index is 0.261. The van der Waals surface area contributed by atoms with Crippen molar-refractivity contribution in [3.63, 3.8) is 0 Å². The highest BCUT2D eigenvalue weighted by atomic mass is 19.1. The number of halogens is 1. The third-order valence-electron chi connectivity index (χ3n) is 2.74. The monoisotopic (exact) mass is 251 g/mol. The Morgan fingerprint density at radius 2 is 2.06 bits per heavy atom. The lowest BCUT2D eigenvalue weighted by Gasteiger charge is -2.16. The van der Waals surface area contributed by atoms with Gasteiger partial charge < -0.3 is 9.64 Å². The highest BCUT2D eigenvalue weighted by Crippen LogP contribution is 2.29. The molecule has 2 rings (SSSR count). The van der Waals surface area contributed by atoms with Crippen LogP contribution in [0.1, 0.15) is 23.7 Å². The molecule has 0 spiro atoms. The maximum Gasteiger partial charge on any atom is 0.299 e. The van der Waals surface area contributed by atoms with E-state index < -0.39 is 17.5 Å². The highest BCUT2D eigenvalue weighted by molar-refractivity contribution is 6.52. The molecule has 0 saturated carbocycles. The number of nitrogens with zero attached hydrogens (tertiary/aromatic N) is 1. The van der Waals surface area contributed by atoms with Crippen molar-refractivity contribution in [2.24, 2.45) is 0 Å². The number of benzene rings is 1. The van der Waals surface area contributed by atoms with E-state index in [2.05, 4.69) is 0 Å². The SMILES string of the molecule is CCCOCCN1C(=O)C(=O)c2ccc(F)cc21. The van der Waals surface area contributed by atoms with Crippen molar-refractivity contribution in [1.82, 2.24) is 0 Å². The fraction of sp³-hybridized carbons (Fsp3) is 0.385. The van der Waals surface area contributed by atoms with Crippen molar-refractivity contribution >= 4 is 17.4 Å². The van der Waals surface area contributed by atoms with E-state index >= 15 is 0 Å². The predicted molar refractivity (Wildman–Crippen MR) is 64.2 cm³/mol. The van der Waals surface area contributed by atoms with Crippen LogP contribution in [0.3, 0.4) is 0 Å². The third-order valence-corrected chi connectivity index (χ3v) is 2.74. The zero-order valence-electron chi connectivity index (χ0n) is 10.1. The van der Waals surface area contributed by atoms with Gasteiger partial charge in [-0.2, -0.15) is 0 Å². The zero-order chi connectivity index (χ0) is 13.1. The summed E-state index contributed by atoms with van der Waals surface area (Å²) >= 11 is 0. The van der Waals surface area contributed by atoms with Crippen molar-refractivity contribution in [2.45, 2.75) is 13.3 Å². The molecule has 18 heavy (non-hydrogen) atoms.